The van der Waals surface area contributed by atoms with Crippen molar-refractivity contribution in [1.82, 2.24) is 15.0 Å². The van der Waals surface area contributed by atoms with E-state index in [-0.39, 0.29) is 11.7 Å². The number of benzene rings is 1. The summed E-state index contributed by atoms with van der Waals surface area (Å²) in [7, 11) is 0. The van der Waals surface area contributed by atoms with Gasteiger partial charge in [-0.25, -0.2) is 4.98 Å². The van der Waals surface area contributed by atoms with Gasteiger partial charge in [0.1, 0.15) is 17.0 Å². The van der Waals surface area contributed by atoms with Crippen LogP contribution in [-0.2, 0) is 0 Å². The Hall–Kier alpha value is -2.89. The Bertz CT molecular complexity index is 943. The minimum Gasteiger partial charge on any atom is -0.487 e. The summed E-state index contributed by atoms with van der Waals surface area (Å²) >= 11 is 0. The summed E-state index contributed by atoms with van der Waals surface area (Å²) < 4.78 is 5.98. The van der Waals surface area contributed by atoms with E-state index in [0.717, 1.165) is 16.5 Å². The van der Waals surface area contributed by atoms with Gasteiger partial charge in [-0.3, -0.25) is 4.79 Å². The molecule has 23 heavy (non-hydrogen) atoms. The summed E-state index contributed by atoms with van der Waals surface area (Å²) in [6, 6.07) is 5.63. The van der Waals surface area contributed by atoms with Crippen molar-refractivity contribution < 1.29 is 9.53 Å². The minimum atomic E-state index is -0.486. The predicted molar refractivity (Wildman–Crippen MR) is 87.4 cm³/mol. The van der Waals surface area contributed by atoms with Gasteiger partial charge in [0.25, 0.3) is 0 Å². The molecule has 0 atom stereocenters. The Kier molecular flexibility index (Phi) is 2.72. The smallest absolute Gasteiger partial charge is 0.221 e. The van der Waals surface area contributed by atoms with E-state index >= 15 is 0 Å². The highest BCUT2D eigenvalue weighted by Gasteiger charge is 2.32. The Balaban J connectivity index is 1.85. The van der Waals surface area contributed by atoms with E-state index in [1.54, 1.807) is 6.20 Å². The summed E-state index contributed by atoms with van der Waals surface area (Å²) in [5.74, 6) is 0.958. The SMILES string of the molecule is CC1(C)CC(=O)c2ccc(-c3c[nH]c4nc(N)ncc34)cc2O1. The first-order valence-corrected chi connectivity index (χ1v) is 7.39. The molecule has 0 amide bonds. The van der Waals surface area contributed by atoms with E-state index in [1.807, 2.05) is 38.2 Å². The molecule has 6 heteroatoms. The maximum Gasteiger partial charge on any atom is 0.221 e. The fraction of sp³-hybridized carbons (Fsp3) is 0.235. The van der Waals surface area contributed by atoms with Crippen molar-refractivity contribution in [3.63, 3.8) is 0 Å². The molecular formula is C17H16N4O2. The lowest BCUT2D eigenvalue weighted by Gasteiger charge is -2.31. The van der Waals surface area contributed by atoms with Gasteiger partial charge in [0.15, 0.2) is 5.78 Å². The highest BCUT2D eigenvalue weighted by Crippen LogP contribution is 2.37. The normalized spacial score (nSPS) is 16.2. The van der Waals surface area contributed by atoms with Crippen molar-refractivity contribution in [3.05, 3.63) is 36.2 Å². The number of ketones is 1. The van der Waals surface area contributed by atoms with Gasteiger partial charge in [-0.2, -0.15) is 4.98 Å². The second-order valence-electron chi connectivity index (χ2n) is 6.37. The standard InChI is InChI=1S/C17H16N4O2/c1-17(2)6-13(22)10-4-3-9(5-14(10)23-17)11-7-19-15-12(11)8-20-16(18)21-15/h3-5,7-8H,6H2,1-2H3,(H3,18,19,20,21). The fourth-order valence-corrected chi connectivity index (χ4v) is 2.98. The Morgan fingerprint density at radius 3 is 2.96 bits per heavy atom. The van der Waals surface area contributed by atoms with Gasteiger partial charge >= 0.3 is 0 Å². The molecule has 0 aliphatic carbocycles. The van der Waals surface area contributed by atoms with Crippen LogP contribution in [0.5, 0.6) is 5.75 Å². The molecule has 0 unspecified atom stereocenters. The second kappa shape index (κ2) is 4.55. The minimum absolute atomic E-state index is 0.109. The lowest BCUT2D eigenvalue weighted by atomic mass is 9.91. The number of hydrogen-bond donors (Lipinski definition) is 2. The van der Waals surface area contributed by atoms with Gasteiger partial charge in [-0.1, -0.05) is 6.07 Å². The molecule has 1 aliphatic rings. The molecule has 1 aromatic carbocycles. The number of nitrogen functional groups attached to an aromatic ring is 1. The number of aromatic nitrogens is 3. The van der Waals surface area contributed by atoms with Crippen molar-refractivity contribution in [1.29, 1.82) is 0 Å². The van der Waals surface area contributed by atoms with Crippen LogP contribution in [0.15, 0.2) is 30.6 Å². The van der Waals surface area contributed by atoms with Crippen LogP contribution in [0.25, 0.3) is 22.2 Å². The summed E-state index contributed by atoms with van der Waals surface area (Å²) in [6.07, 6.45) is 3.94. The molecule has 0 radical (unpaired) electrons. The van der Waals surface area contributed by atoms with Crippen LogP contribution in [0.2, 0.25) is 0 Å². The van der Waals surface area contributed by atoms with Gasteiger partial charge < -0.3 is 15.5 Å². The number of carbonyl (C=O) groups excluding carboxylic acids is 1. The van der Waals surface area contributed by atoms with Crippen LogP contribution in [0.1, 0.15) is 30.6 Å². The number of nitrogens with zero attached hydrogens (tertiary/aromatic N) is 2. The monoisotopic (exact) mass is 308 g/mol. The molecule has 0 saturated heterocycles. The molecule has 0 saturated carbocycles. The number of carbonyl (C=O) groups is 1. The summed E-state index contributed by atoms with van der Waals surface area (Å²) in [5, 5.41) is 0.876. The largest absolute Gasteiger partial charge is 0.487 e. The molecule has 0 fully saturated rings. The van der Waals surface area contributed by atoms with Gasteiger partial charge in [-0.15, -0.1) is 0 Å². The molecule has 2 aromatic heterocycles. The number of Topliss-reactive ketones (excluding diaryl/α,β-unsaturated/α-hetero) is 1. The molecule has 6 nitrogen and oxygen atoms in total. The van der Waals surface area contributed by atoms with Crippen molar-refractivity contribution >= 4 is 22.8 Å². The summed E-state index contributed by atoms with van der Waals surface area (Å²) in [4.78, 5) is 23.5. The third-order valence-corrected chi connectivity index (χ3v) is 4.02. The zero-order valence-corrected chi connectivity index (χ0v) is 12.9. The first-order valence-electron chi connectivity index (χ1n) is 7.39. The van der Waals surface area contributed by atoms with Crippen molar-refractivity contribution in [2.45, 2.75) is 25.9 Å². The zero-order chi connectivity index (χ0) is 16.2. The van der Waals surface area contributed by atoms with Crippen molar-refractivity contribution in [2.24, 2.45) is 0 Å². The average Bonchev–Trinajstić information content (AvgIpc) is 2.88. The molecule has 4 rings (SSSR count). The summed E-state index contributed by atoms with van der Waals surface area (Å²) in [6.45, 7) is 3.84. The number of hydrogen-bond acceptors (Lipinski definition) is 5. The van der Waals surface area contributed by atoms with E-state index in [0.29, 0.717) is 23.4 Å². The number of H-pyrrole nitrogens is 1. The van der Waals surface area contributed by atoms with E-state index in [4.69, 9.17) is 10.5 Å². The molecular weight excluding hydrogens is 292 g/mol. The third kappa shape index (κ3) is 2.23. The lowest BCUT2D eigenvalue weighted by Crippen LogP contribution is -2.35. The molecule has 0 spiro atoms. The van der Waals surface area contributed by atoms with Gasteiger partial charge in [-0.05, 0) is 31.5 Å². The van der Waals surface area contributed by atoms with E-state index in [9.17, 15) is 4.79 Å². The predicted octanol–water partition coefficient (Wildman–Crippen LogP) is 2.95. The number of rotatable bonds is 1. The van der Waals surface area contributed by atoms with Crippen molar-refractivity contribution in [2.75, 3.05) is 5.73 Å². The maximum atomic E-state index is 12.2. The maximum absolute atomic E-state index is 12.2. The van der Waals surface area contributed by atoms with E-state index in [1.165, 1.54) is 0 Å². The second-order valence-corrected chi connectivity index (χ2v) is 6.37. The van der Waals surface area contributed by atoms with Crippen LogP contribution in [0, 0.1) is 0 Å². The number of aromatic amines is 1. The van der Waals surface area contributed by atoms with Gasteiger partial charge in [0, 0.05) is 23.3 Å². The number of anilines is 1. The zero-order valence-electron chi connectivity index (χ0n) is 12.9. The number of nitrogens with two attached hydrogens (primary N) is 1. The highest BCUT2D eigenvalue weighted by molar-refractivity contribution is 6.02. The molecule has 3 N–H and O–H groups in total. The fourth-order valence-electron chi connectivity index (χ4n) is 2.98. The Labute approximate surface area is 132 Å². The number of fused-ring (bicyclic) bond motifs is 2. The van der Waals surface area contributed by atoms with Crippen LogP contribution >= 0.6 is 0 Å². The first kappa shape index (κ1) is 13.8. The highest BCUT2D eigenvalue weighted by atomic mass is 16.5. The third-order valence-electron chi connectivity index (χ3n) is 4.02. The molecule has 3 aromatic rings. The quantitative estimate of drug-likeness (QED) is 0.721. The van der Waals surface area contributed by atoms with Crippen LogP contribution in [0.4, 0.5) is 5.95 Å². The lowest BCUT2D eigenvalue weighted by molar-refractivity contribution is 0.0620. The Morgan fingerprint density at radius 2 is 2.13 bits per heavy atom. The van der Waals surface area contributed by atoms with Crippen LogP contribution in [0.3, 0.4) is 0 Å². The van der Waals surface area contributed by atoms with Gasteiger partial charge in [0.05, 0.1) is 12.0 Å². The number of nitrogens with one attached hydrogen (secondary N) is 1. The van der Waals surface area contributed by atoms with E-state index in [2.05, 4.69) is 15.0 Å². The topological polar surface area (TPSA) is 93.9 Å². The molecule has 0 bridgehead atoms. The van der Waals surface area contributed by atoms with Crippen LogP contribution < -0.4 is 10.5 Å². The molecule has 116 valence electrons. The van der Waals surface area contributed by atoms with Crippen molar-refractivity contribution in [3.8, 4) is 16.9 Å². The molecule has 1 aliphatic heterocycles. The summed E-state index contributed by atoms with van der Waals surface area (Å²) in [5.41, 5.74) is 8.32. The van der Waals surface area contributed by atoms with E-state index < -0.39 is 5.60 Å². The average molecular weight is 308 g/mol. The van der Waals surface area contributed by atoms with Gasteiger partial charge in [0.2, 0.25) is 5.95 Å². The molecule has 3 heterocycles. The number of ether oxygens (including phenoxy) is 1. The Morgan fingerprint density at radius 1 is 1.30 bits per heavy atom. The first-order chi connectivity index (χ1) is 10.9. The van der Waals surface area contributed by atoms with Crippen LogP contribution in [-0.4, -0.2) is 26.3 Å².